The van der Waals surface area contributed by atoms with Gasteiger partial charge in [0, 0.05) is 17.6 Å². The number of hydrogen-bond acceptors (Lipinski definition) is 4. The van der Waals surface area contributed by atoms with Crippen molar-refractivity contribution in [3.63, 3.8) is 0 Å². The van der Waals surface area contributed by atoms with Crippen LogP contribution in [0.15, 0.2) is 36.4 Å². The Hall–Kier alpha value is -3.46. The number of para-hydroxylation sites is 1. The topological polar surface area (TPSA) is 68.8 Å². The van der Waals surface area contributed by atoms with Gasteiger partial charge < -0.3 is 4.90 Å². The van der Waals surface area contributed by atoms with Gasteiger partial charge in [-0.25, -0.2) is 4.39 Å². The number of hydrogen-bond donors (Lipinski definition) is 2. The number of aromatic nitrogens is 2. The molecule has 0 fully saturated rings. The molecule has 2 heterocycles. The molecule has 0 aliphatic carbocycles. The average Bonchev–Trinajstić information content (AvgIpc) is 2.91. The van der Waals surface area contributed by atoms with Crippen molar-refractivity contribution < 1.29 is 4.39 Å². The molecule has 1 aromatic heterocycles. The second-order valence-electron chi connectivity index (χ2n) is 6.72. The molecule has 2 N–H and O–H groups in total. The molecule has 1 aliphatic rings. The summed E-state index contributed by atoms with van der Waals surface area (Å²) in [6.07, 6.45) is 4.05. The minimum atomic E-state index is -0.428. The highest BCUT2D eigenvalue weighted by molar-refractivity contribution is 5.95. The van der Waals surface area contributed by atoms with Crippen molar-refractivity contribution in [1.82, 2.24) is 9.55 Å². The van der Waals surface area contributed by atoms with Gasteiger partial charge in [0.25, 0.3) is 0 Å². The third-order valence-electron chi connectivity index (χ3n) is 5.03. The molecule has 5 nitrogen and oxygen atoms in total. The van der Waals surface area contributed by atoms with Crippen LogP contribution in [-0.2, 0) is 6.42 Å². The number of benzene rings is 2. The molecular weight excluding hydrogens is 353 g/mol. The lowest BCUT2D eigenvalue weighted by atomic mass is 10.1. The van der Waals surface area contributed by atoms with E-state index in [9.17, 15) is 4.39 Å². The van der Waals surface area contributed by atoms with E-state index in [1.165, 1.54) is 16.2 Å². The molecule has 0 unspecified atom stereocenters. The zero-order valence-electron chi connectivity index (χ0n) is 15.6. The first-order valence-corrected chi connectivity index (χ1v) is 9.23. The number of anilines is 2. The van der Waals surface area contributed by atoms with Crippen LogP contribution in [0.1, 0.15) is 30.9 Å². The smallest absolute Gasteiger partial charge is 0.229 e. The first kappa shape index (κ1) is 17.9. The Kier molecular flexibility index (Phi) is 4.66. The fraction of sp³-hybridized carbons (Fsp3) is 0.227. The van der Waals surface area contributed by atoms with Crippen LogP contribution in [0.3, 0.4) is 0 Å². The summed E-state index contributed by atoms with van der Waals surface area (Å²) in [6.45, 7) is 2.39. The predicted molar refractivity (Wildman–Crippen MR) is 109 cm³/mol. The summed E-state index contributed by atoms with van der Waals surface area (Å²) >= 11 is 0. The summed E-state index contributed by atoms with van der Waals surface area (Å²) < 4.78 is 16.0. The molecule has 0 radical (unpaired) electrons. The summed E-state index contributed by atoms with van der Waals surface area (Å²) in [7, 11) is 0. The summed E-state index contributed by atoms with van der Waals surface area (Å²) in [5.74, 6) is 5.58. The molecule has 28 heavy (non-hydrogen) atoms. The highest BCUT2D eigenvalue weighted by Gasteiger charge is 2.21. The van der Waals surface area contributed by atoms with Crippen molar-refractivity contribution in [2.75, 3.05) is 11.4 Å². The predicted octanol–water partition coefficient (Wildman–Crippen LogP) is 3.96. The van der Waals surface area contributed by atoms with Crippen LogP contribution in [0.4, 0.5) is 15.9 Å². The van der Waals surface area contributed by atoms with Crippen molar-refractivity contribution in [2.45, 2.75) is 26.2 Å². The molecule has 2 aromatic carbocycles. The van der Waals surface area contributed by atoms with Crippen LogP contribution < -0.4 is 10.5 Å². The maximum atomic E-state index is 14.7. The number of rotatable bonds is 2. The lowest BCUT2D eigenvalue weighted by molar-refractivity contribution is 0.626. The fourth-order valence-corrected chi connectivity index (χ4v) is 3.75. The van der Waals surface area contributed by atoms with E-state index in [4.69, 9.17) is 10.8 Å². The second-order valence-corrected chi connectivity index (χ2v) is 6.72. The van der Waals surface area contributed by atoms with E-state index in [1.807, 2.05) is 18.2 Å². The summed E-state index contributed by atoms with van der Waals surface area (Å²) in [4.78, 5) is 6.53. The van der Waals surface area contributed by atoms with Gasteiger partial charge in [-0.15, -0.1) is 5.92 Å². The molecule has 140 valence electrons. The molecule has 4 rings (SSSR count). The SMILES string of the molecule is CC#Cc1cc2c(cc1F)c(N1CCCCc3ccccc31)nc(=N)n2C=N. The Morgan fingerprint density at radius 1 is 1.21 bits per heavy atom. The van der Waals surface area contributed by atoms with Gasteiger partial charge >= 0.3 is 0 Å². The molecule has 3 aromatic rings. The molecule has 0 amide bonds. The second kappa shape index (κ2) is 7.28. The largest absolute Gasteiger partial charge is 0.325 e. The van der Waals surface area contributed by atoms with Gasteiger partial charge in [0.1, 0.15) is 11.6 Å². The van der Waals surface area contributed by atoms with Gasteiger partial charge in [0.2, 0.25) is 5.62 Å². The van der Waals surface area contributed by atoms with Gasteiger partial charge in [-0.2, -0.15) is 4.98 Å². The Balaban J connectivity index is 2.05. The number of nitrogens with zero attached hydrogens (tertiary/aromatic N) is 3. The highest BCUT2D eigenvalue weighted by Crippen LogP contribution is 2.35. The van der Waals surface area contributed by atoms with Gasteiger partial charge in [-0.3, -0.25) is 15.4 Å². The van der Waals surface area contributed by atoms with Crippen LogP contribution in [0.5, 0.6) is 0 Å². The number of fused-ring (bicyclic) bond motifs is 2. The van der Waals surface area contributed by atoms with Crippen LogP contribution >= 0.6 is 0 Å². The van der Waals surface area contributed by atoms with E-state index in [2.05, 4.69) is 27.8 Å². The maximum Gasteiger partial charge on any atom is 0.229 e. The van der Waals surface area contributed by atoms with Crippen LogP contribution in [0.25, 0.3) is 10.9 Å². The van der Waals surface area contributed by atoms with Gasteiger partial charge in [0.05, 0.1) is 17.4 Å². The van der Waals surface area contributed by atoms with Crippen molar-refractivity contribution >= 4 is 28.7 Å². The van der Waals surface area contributed by atoms with E-state index < -0.39 is 5.82 Å². The van der Waals surface area contributed by atoms with Gasteiger partial charge in [-0.1, -0.05) is 24.1 Å². The molecular formula is C22H20FN5. The standard InChI is InChI=1S/C22H20FN5/c1-2-7-16-12-20-17(13-18(16)23)21(26-22(25)28(20)14-24)27-11-6-5-9-15-8-3-4-10-19(15)27/h3-4,8,10,12-14,24-25H,5-6,9,11H2,1H3. The minimum Gasteiger partial charge on any atom is -0.325 e. The molecule has 0 saturated heterocycles. The third-order valence-corrected chi connectivity index (χ3v) is 5.03. The van der Waals surface area contributed by atoms with Gasteiger partial charge in [-0.05, 0) is 49.9 Å². The Bertz CT molecular complexity index is 1200. The Morgan fingerprint density at radius 2 is 2.04 bits per heavy atom. The normalized spacial score (nSPS) is 13.4. The van der Waals surface area contributed by atoms with Crippen LogP contribution in [0.2, 0.25) is 0 Å². The zero-order chi connectivity index (χ0) is 19.7. The third kappa shape index (κ3) is 2.95. The average molecular weight is 373 g/mol. The Morgan fingerprint density at radius 3 is 2.82 bits per heavy atom. The number of nitrogens with one attached hydrogen (secondary N) is 2. The van der Waals surface area contributed by atoms with Crippen molar-refractivity contribution in [1.29, 1.82) is 10.8 Å². The highest BCUT2D eigenvalue weighted by atomic mass is 19.1. The monoisotopic (exact) mass is 373 g/mol. The summed E-state index contributed by atoms with van der Waals surface area (Å²) in [6, 6.07) is 11.2. The fourth-order valence-electron chi connectivity index (χ4n) is 3.75. The molecule has 1 aliphatic heterocycles. The Labute approximate surface area is 162 Å². The van der Waals surface area contributed by atoms with Crippen molar-refractivity contribution in [3.8, 4) is 11.8 Å². The maximum absolute atomic E-state index is 14.7. The van der Waals surface area contributed by atoms with Crippen molar-refractivity contribution in [2.24, 2.45) is 0 Å². The van der Waals surface area contributed by atoms with E-state index in [-0.39, 0.29) is 11.2 Å². The summed E-state index contributed by atoms with van der Waals surface area (Å²) in [5.41, 5.74) is 2.99. The lowest BCUT2D eigenvalue weighted by Gasteiger charge is -2.26. The molecule has 0 spiro atoms. The van der Waals surface area contributed by atoms with E-state index in [1.54, 1.807) is 13.0 Å². The minimum absolute atomic E-state index is 0.0683. The van der Waals surface area contributed by atoms with E-state index in [0.717, 1.165) is 37.8 Å². The molecule has 0 atom stereocenters. The molecule has 0 saturated carbocycles. The molecule has 6 heteroatoms. The quantitative estimate of drug-likeness (QED) is 0.406. The van der Waals surface area contributed by atoms with Crippen LogP contribution in [0, 0.1) is 28.5 Å². The molecule has 0 bridgehead atoms. The number of halogens is 1. The summed E-state index contributed by atoms with van der Waals surface area (Å²) in [5, 5.41) is 16.6. The first-order chi connectivity index (χ1) is 13.6. The van der Waals surface area contributed by atoms with E-state index >= 15 is 0 Å². The van der Waals surface area contributed by atoms with Crippen LogP contribution in [-0.4, -0.2) is 22.4 Å². The van der Waals surface area contributed by atoms with E-state index in [0.29, 0.717) is 16.7 Å². The lowest BCUT2D eigenvalue weighted by Crippen LogP contribution is -2.28. The zero-order valence-corrected chi connectivity index (χ0v) is 15.6. The first-order valence-electron chi connectivity index (χ1n) is 9.23. The van der Waals surface area contributed by atoms with Crippen molar-refractivity contribution in [3.05, 3.63) is 59.0 Å². The van der Waals surface area contributed by atoms with Gasteiger partial charge in [0.15, 0.2) is 0 Å². The number of aryl methyl sites for hydroxylation is 1.